The van der Waals surface area contributed by atoms with Crippen LogP contribution in [0.1, 0.15) is 10.4 Å². The lowest BCUT2D eigenvalue weighted by atomic mass is 10.0. The van der Waals surface area contributed by atoms with Crippen LogP contribution < -0.4 is 4.74 Å². The molecule has 1 N–H and O–H groups in total. The summed E-state index contributed by atoms with van der Waals surface area (Å²) >= 11 is 5.72. The highest BCUT2D eigenvalue weighted by molar-refractivity contribution is 6.31. The van der Waals surface area contributed by atoms with Crippen LogP contribution in [0.15, 0.2) is 36.4 Å². The van der Waals surface area contributed by atoms with Crippen molar-refractivity contribution in [3.05, 3.63) is 52.8 Å². The van der Waals surface area contributed by atoms with E-state index < -0.39 is 11.8 Å². The van der Waals surface area contributed by atoms with Gasteiger partial charge >= 0.3 is 5.97 Å². The molecule has 3 nitrogen and oxygen atoms in total. The zero-order valence-electron chi connectivity index (χ0n) is 9.98. The number of ether oxygens (including phenoxy) is 1. The Bertz CT molecular complexity index is 641. The summed E-state index contributed by atoms with van der Waals surface area (Å²) in [6.07, 6.45) is 0. The fourth-order valence-corrected chi connectivity index (χ4v) is 1.86. The summed E-state index contributed by atoms with van der Waals surface area (Å²) in [5.41, 5.74) is 1.31. The van der Waals surface area contributed by atoms with Gasteiger partial charge < -0.3 is 9.84 Å². The minimum Gasteiger partial charge on any atom is -0.497 e. The fourth-order valence-electron chi connectivity index (χ4n) is 1.68. The summed E-state index contributed by atoms with van der Waals surface area (Å²) in [5.74, 6) is -1.17. The van der Waals surface area contributed by atoms with E-state index in [2.05, 4.69) is 0 Å². The monoisotopic (exact) mass is 280 g/mol. The van der Waals surface area contributed by atoms with Crippen LogP contribution in [0.25, 0.3) is 11.1 Å². The van der Waals surface area contributed by atoms with Crippen molar-refractivity contribution in [2.45, 2.75) is 0 Å². The summed E-state index contributed by atoms with van der Waals surface area (Å²) in [7, 11) is 1.45. The maximum absolute atomic E-state index is 13.1. The van der Waals surface area contributed by atoms with E-state index >= 15 is 0 Å². The minimum atomic E-state index is -1.06. The summed E-state index contributed by atoms with van der Waals surface area (Å²) in [5, 5.41) is 9.02. The van der Waals surface area contributed by atoms with Crippen LogP contribution >= 0.6 is 11.6 Å². The first-order chi connectivity index (χ1) is 9.01. The van der Waals surface area contributed by atoms with Gasteiger partial charge in [0.1, 0.15) is 11.6 Å². The Kier molecular flexibility index (Phi) is 3.71. The molecule has 0 unspecified atom stereocenters. The Morgan fingerprint density at radius 2 is 1.95 bits per heavy atom. The van der Waals surface area contributed by atoms with Gasteiger partial charge in [0.25, 0.3) is 0 Å². The number of carboxylic acid groups (broad SMARTS) is 1. The molecule has 0 atom stereocenters. The highest BCUT2D eigenvalue weighted by Crippen LogP contribution is 2.29. The zero-order chi connectivity index (χ0) is 14.0. The summed E-state index contributed by atoms with van der Waals surface area (Å²) in [6, 6.07) is 8.76. The van der Waals surface area contributed by atoms with Crippen molar-refractivity contribution >= 4 is 17.6 Å². The zero-order valence-corrected chi connectivity index (χ0v) is 10.7. The van der Waals surface area contributed by atoms with E-state index in [0.29, 0.717) is 16.9 Å². The Hall–Kier alpha value is -2.07. The number of carboxylic acids is 1. The van der Waals surface area contributed by atoms with Gasteiger partial charge in [-0.3, -0.25) is 0 Å². The number of halogens is 2. The van der Waals surface area contributed by atoms with Gasteiger partial charge in [-0.25, -0.2) is 9.18 Å². The first-order valence-electron chi connectivity index (χ1n) is 5.39. The first kappa shape index (κ1) is 13.4. The van der Waals surface area contributed by atoms with Gasteiger partial charge in [0, 0.05) is 0 Å². The first-order valence-corrected chi connectivity index (χ1v) is 5.77. The highest BCUT2D eigenvalue weighted by Gasteiger charge is 2.10. The highest BCUT2D eigenvalue weighted by atomic mass is 35.5. The molecule has 0 aromatic heterocycles. The minimum absolute atomic E-state index is 0.0165. The van der Waals surface area contributed by atoms with Crippen LogP contribution in [0.3, 0.4) is 0 Å². The molecule has 5 heteroatoms. The molecule has 0 fully saturated rings. The normalized spacial score (nSPS) is 10.3. The second-order valence-electron chi connectivity index (χ2n) is 3.88. The molecule has 0 saturated carbocycles. The second-order valence-corrected chi connectivity index (χ2v) is 4.29. The number of carbonyl (C=O) groups is 1. The molecule has 0 saturated heterocycles. The SMILES string of the molecule is COc1cc(C(=O)O)cc(-c2ccc(F)c(Cl)c2)c1. The van der Waals surface area contributed by atoms with Crippen LogP contribution in [-0.4, -0.2) is 18.2 Å². The van der Waals surface area contributed by atoms with Gasteiger partial charge in [-0.05, 0) is 41.5 Å². The van der Waals surface area contributed by atoms with Crippen molar-refractivity contribution in [3.8, 4) is 16.9 Å². The largest absolute Gasteiger partial charge is 0.497 e. The third-order valence-corrected chi connectivity index (χ3v) is 2.93. The molecule has 0 aliphatic heterocycles. The predicted octanol–water partition coefficient (Wildman–Crippen LogP) is 3.85. The molecule has 0 amide bonds. The molecular weight excluding hydrogens is 271 g/mol. The molecule has 2 rings (SSSR count). The van der Waals surface area contributed by atoms with Crippen LogP contribution in [0.4, 0.5) is 4.39 Å². The van der Waals surface area contributed by atoms with Crippen molar-refractivity contribution in [1.29, 1.82) is 0 Å². The Balaban J connectivity index is 2.57. The van der Waals surface area contributed by atoms with E-state index in [-0.39, 0.29) is 10.6 Å². The molecule has 0 aliphatic rings. The van der Waals surface area contributed by atoms with E-state index in [9.17, 15) is 9.18 Å². The van der Waals surface area contributed by atoms with Crippen molar-refractivity contribution < 1.29 is 19.0 Å². The van der Waals surface area contributed by atoms with E-state index in [1.54, 1.807) is 6.07 Å². The van der Waals surface area contributed by atoms with Crippen LogP contribution in [-0.2, 0) is 0 Å². The Labute approximate surface area is 114 Å². The summed E-state index contributed by atoms with van der Waals surface area (Å²) < 4.78 is 18.2. The number of hydrogen-bond donors (Lipinski definition) is 1. The van der Waals surface area contributed by atoms with Crippen LogP contribution in [0.2, 0.25) is 5.02 Å². The Morgan fingerprint density at radius 1 is 1.21 bits per heavy atom. The topological polar surface area (TPSA) is 46.5 Å². The third-order valence-electron chi connectivity index (χ3n) is 2.64. The summed E-state index contributed by atoms with van der Waals surface area (Å²) in [6.45, 7) is 0. The maximum atomic E-state index is 13.1. The lowest BCUT2D eigenvalue weighted by Crippen LogP contribution is -1.98. The van der Waals surface area contributed by atoms with Crippen molar-refractivity contribution in [3.63, 3.8) is 0 Å². The molecular formula is C14H10ClFO3. The number of rotatable bonds is 3. The van der Waals surface area contributed by atoms with Gasteiger partial charge in [-0.1, -0.05) is 17.7 Å². The molecule has 0 spiro atoms. The third kappa shape index (κ3) is 2.85. The van der Waals surface area contributed by atoms with Gasteiger partial charge in [-0.15, -0.1) is 0 Å². The van der Waals surface area contributed by atoms with Crippen molar-refractivity contribution in [1.82, 2.24) is 0 Å². The van der Waals surface area contributed by atoms with E-state index in [4.69, 9.17) is 21.4 Å². The Morgan fingerprint density at radius 3 is 2.53 bits per heavy atom. The van der Waals surface area contributed by atoms with Gasteiger partial charge in [0.15, 0.2) is 0 Å². The van der Waals surface area contributed by atoms with Gasteiger partial charge in [-0.2, -0.15) is 0 Å². The standard InChI is InChI=1S/C14H10ClFO3/c1-19-11-5-9(4-10(6-11)14(17)18)8-2-3-13(16)12(15)7-8/h2-7H,1H3,(H,17,18). The van der Waals surface area contributed by atoms with Crippen LogP contribution in [0, 0.1) is 5.82 Å². The summed E-state index contributed by atoms with van der Waals surface area (Å²) in [4.78, 5) is 11.0. The predicted molar refractivity (Wildman–Crippen MR) is 70.4 cm³/mol. The molecule has 0 radical (unpaired) electrons. The molecule has 0 bridgehead atoms. The average Bonchev–Trinajstić information content (AvgIpc) is 2.41. The molecule has 2 aromatic rings. The number of hydrogen-bond acceptors (Lipinski definition) is 2. The van der Waals surface area contributed by atoms with E-state index in [0.717, 1.165) is 0 Å². The number of methoxy groups -OCH3 is 1. The van der Waals surface area contributed by atoms with Gasteiger partial charge in [0.2, 0.25) is 0 Å². The number of aromatic carboxylic acids is 1. The molecule has 19 heavy (non-hydrogen) atoms. The molecule has 2 aromatic carbocycles. The molecule has 98 valence electrons. The van der Waals surface area contributed by atoms with Gasteiger partial charge in [0.05, 0.1) is 17.7 Å². The average molecular weight is 281 g/mol. The van der Waals surface area contributed by atoms with Crippen LogP contribution in [0.5, 0.6) is 5.75 Å². The number of benzene rings is 2. The fraction of sp³-hybridized carbons (Fsp3) is 0.0714. The van der Waals surface area contributed by atoms with Crippen molar-refractivity contribution in [2.24, 2.45) is 0 Å². The van der Waals surface area contributed by atoms with E-state index in [1.165, 1.54) is 37.4 Å². The lowest BCUT2D eigenvalue weighted by Gasteiger charge is -2.08. The molecule has 0 aliphatic carbocycles. The van der Waals surface area contributed by atoms with Crippen molar-refractivity contribution in [2.75, 3.05) is 7.11 Å². The smallest absolute Gasteiger partial charge is 0.335 e. The maximum Gasteiger partial charge on any atom is 0.335 e. The quantitative estimate of drug-likeness (QED) is 0.929. The van der Waals surface area contributed by atoms with E-state index in [1.807, 2.05) is 0 Å². The molecule has 0 heterocycles. The second kappa shape index (κ2) is 5.28. The lowest BCUT2D eigenvalue weighted by molar-refractivity contribution is 0.0696.